The Balaban J connectivity index is 2.10. The fourth-order valence-electron chi connectivity index (χ4n) is 2.02. The van der Waals surface area contributed by atoms with Crippen molar-refractivity contribution in [3.8, 4) is 6.08 Å². The maximum atomic E-state index is 12.0. The summed E-state index contributed by atoms with van der Waals surface area (Å²) in [6.07, 6.45) is 4.14. The van der Waals surface area contributed by atoms with E-state index in [1.165, 1.54) is 0 Å². The van der Waals surface area contributed by atoms with Crippen molar-refractivity contribution >= 4 is 10.9 Å². The Morgan fingerprint density at radius 3 is 3.00 bits per heavy atom. The first kappa shape index (κ1) is 11.3. The van der Waals surface area contributed by atoms with E-state index in [0.29, 0.717) is 10.9 Å². The highest BCUT2D eigenvalue weighted by atomic mass is 16.6. The topological polar surface area (TPSA) is 52.3 Å². The van der Waals surface area contributed by atoms with Crippen LogP contribution in [-0.2, 0) is 6.42 Å². The molecule has 18 heavy (non-hydrogen) atoms. The van der Waals surface area contributed by atoms with E-state index in [-0.39, 0.29) is 17.8 Å². The number of ether oxygens (including phenoxy) is 1. The highest BCUT2D eigenvalue weighted by Crippen LogP contribution is 2.26. The van der Waals surface area contributed by atoms with Gasteiger partial charge in [-0.15, -0.1) is 0 Å². The molecule has 0 saturated heterocycles. The molecule has 0 atom stereocenters. The van der Waals surface area contributed by atoms with Crippen LogP contribution in [0.1, 0.15) is 31.7 Å². The third kappa shape index (κ3) is 2.10. The smallest absolute Gasteiger partial charge is 0.397 e. The fourth-order valence-corrected chi connectivity index (χ4v) is 2.02. The monoisotopic (exact) mass is 245 g/mol. The molecule has 0 spiro atoms. The largest absolute Gasteiger partial charge is 0.447 e. The number of hydrogen-bond donors (Lipinski definition) is 0. The molecular weight excluding hydrogens is 230 g/mol. The molecule has 0 bridgehead atoms. The van der Waals surface area contributed by atoms with Crippen LogP contribution in [0.4, 0.5) is 0 Å². The lowest BCUT2D eigenvalue weighted by Gasteiger charge is -2.05. The highest BCUT2D eigenvalue weighted by Gasteiger charge is 2.25. The number of aryl methyl sites for hydroxylation is 1. The van der Waals surface area contributed by atoms with Crippen LogP contribution in [-0.4, -0.2) is 11.1 Å². The molecule has 3 rings (SSSR count). The SMILES string of the molecule is CCCc1cccc2nc(OC3CC3)oc(=O)c12. The Labute approximate surface area is 105 Å². The molecule has 1 aliphatic rings. The average Bonchev–Trinajstić information content (AvgIpc) is 3.13. The van der Waals surface area contributed by atoms with Crippen LogP contribution < -0.4 is 10.4 Å². The molecular formula is C14H15NO3. The van der Waals surface area contributed by atoms with E-state index in [9.17, 15) is 4.79 Å². The number of fused-ring (bicyclic) bond motifs is 1. The summed E-state index contributed by atoms with van der Waals surface area (Å²) in [5.41, 5.74) is 1.31. The van der Waals surface area contributed by atoms with E-state index >= 15 is 0 Å². The van der Waals surface area contributed by atoms with Gasteiger partial charge < -0.3 is 9.15 Å². The van der Waals surface area contributed by atoms with Crippen molar-refractivity contribution in [3.63, 3.8) is 0 Å². The maximum absolute atomic E-state index is 12.0. The van der Waals surface area contributed by atoms with E-state index < -0.39 is 0 Å². The summed E-state index contributed by atoms with van der Waals surface area (Å²) < 4.78 is 10.6. The van der Waals surface area contributed by atoms with Crippen LogP contribution in [0.5, 0.6) is 6.08 Å². The Morgan fingerprint density at radius 1 is 1.44 bits per heavy atom. The van der Waals surface area contributed by atoms with Crippen LogP contribution >= 0.6 is 0 Å². The van der Waals surface area contributed by atoms with E-state index in [2.05, 4.69) is 11.9 Å². The zero-order valence-electron chi connectivity index (χ0n) is 10.3. The number of benzene rings is 1. The van der Waals surface area contributed by atoms with Crippen LogP contribution in [0.15, 0.2) is 27.4 Å². The van der Waals surface area contributed by atoms with Gasteiger partial charge in [-0.3, -0.25) is 0 Å². The minimum Gasteiger partial charge on any atom is -0.447 e. The Kier molecular flexibility index (Phi) is 2.78. The first-order valence-corrected chi connectivity index (χ1v) is 6.37. The summed E-state index contributed by atoms with van der Waals surface area (Å²) in [6, 6.07) is 5.69. The molecule has 94 valence electrons. The molecule has 1 aromatic carbocycles. The molecule has 1 saturated carbocycles. The summed E-state index contributed by atoms with van der Waals surface area (Å²) in [4.78, 5) is 16.3. The fraction of sp³-hybridized carbons (Fsp3) is 0.429. The van der Waals surface area contributed by atoms with Gasteiger partial charge >= 0.3 is 11.7 Å². The molecule has 4 nitrogen and oxygen atoms in total. The van der Waals surface area contributed by atoms with E-state index in [1.807, 2.05) is 18.2 Å². The van der Waals surface area contributed by atoms with Gasteiger partial charge in [0.25, 0.3) is 0 Å². The standard InChI is InChI=1S/C14H15NO3/c1-2-4-9-5-3-6-11-12(9)13(16)18-14(15-11)17-10-7-8-10/h3,5-6,10H,2,4,7-8H2,1H3. The third-order valence-electron chi connectivity index (χ3n) is 3.04. The number of rotatable bonds is 4. The maximum Gasteiger partial charge on any atom is 0.397 e. The van der Waals surface area contributed by atoms with Crippen LogP contribution in [0, 0.1) is 0 Å². The van der Waals surface area contributed by atoms with Gasteiger partial charge in [0.05, 0.1) is 10.9 Å². The van der Waals surface area contributed by atoms with Crippen molar-refractivity contribution in [3.05, 3.63) is 34.2 Å². The van der Waals surface area contributed by atoms with Gasteiger partial charge in [-0.25, -0.2) is 4.79 Å². The van der Waals surface area contributed by atoms with E-state index in [1.54, 1.807) is 0 Å². The molecule has 4 heteroatoms. The van der Waals surface area contributed by atoms with E-state index in [0.717, 1.165) is 31.2 Å². The van der Waals surface area contributed by atoms with Gasteiger partial charge in [0, 0.05) is 0 Å². The van der Waals surface area contributed by atoms with Gasteiger partial charge in [0.1, 0.15) is 6.10 Å². The number of hydrogen-bond acceptors (Lipinski definition) is 4. The summed E-state index contributed by atoms with van der Waals surface area (Å²) >= 11 is 0. The molecule has 0 amide bonds. The molecule has 0 aliphatic heterocycles. The molecule has 2 aromatic rings. The van der Waals surface area contributed by atoms with Gasteiger partial charge in [-0.2, -0.15) is 4.98 Å². The minimum atomic E-state index is -0.347. The van der Waals surface area contributed by atoms with E-state index in [4.69, 9.17) is 9.15 Å². The van der Waals surface area contributed by atoms with Gasteiger partial charge in [-0.05, 0) is 30.9 Å². The minimum absolute atomic E-state index is 0.101. The van der Waals surface area contributed by atoms with Gasteiger partial charge in [0.15, 0.2) is 0 Å². The molecule has 1 heterocycles. The molecule has 0 unspecified atom stereocenters. The summed E-state index contributed by atoms with van der Waals surface area (Å²) in [7, 11) is 0. The zero-order chi connectivity index (χ0) is 12.5. The Hall–Kier alpha value is -1.84. The lowest BCUT2D eigenvalue weighted by molar-refractivity contribution is 0.205. The molecule has 0 N–H and O–H groups in total. The van der Waals surface area contributed by atoms with Crippen molar-refractivity contribution in [1.82, 2.24) is 4.98 Å². The van der Waals surface area contributed by atoms with Gasteiger partial charge in [0.2, 0.25) is 0 Å². The van der Waals surface area contributed by atoms with Crippen molar-refractivity contribution in [2.24, 2.45) is 0 Å². The third-order valence-corrected chi connectivity index (χ3v) is 3.04. The molecule has 1 fully saturated rings. The Morgan fingerprint density at radius 2 is 2.28 bits per heavy atom. The highest BCUT2D eigenvalue weighted by molar-refractivity contribution is 5.80. The average molecular weight is 245 g/mol. The second-order valence-electron chi connectivity index (χ2n) is 4.65. The predicted octanol–water partition coefficient (Wildman–Crippen LogP) is 2.68. The van der Waals surface area contributed by atoms with Crippen LogP contribution in [0.3, 0.4) is 0 Å². The zero-order valence-corrected chi connectivity index (χ0v) is 10.3. The number of aromatic nitrogens is 1. The second kappa shape index (κ2) is 4.44. The second-order valence-corrected chi connectivity index (χ2v) is 4.65. The molecule has 1 aliphatic carbocycles. The predicted molar refractivity (Wildman–Crippen MR) is 67.9 cm³/mol. The summed E-state index contributed by atoms with van der Waals surface area (Å²) in [5.74, 6) is 0. The normalized spacial score (nSPS) is 14.9. The quantitative estimate of drug-likeness (QED) is 0.831. The van der Waals surface area contributed by atoms with Crippen molar-refractivity contribution in [1.29, 1.82) is 0 Å². The molecule has 0 radical (unpaired) electrons. The lowest BCUT2D eigenvalue weighted by Crippen LogP contribution is -2.08. The summed E-state index contributed by atoms with van der Waals surface area (Å²) in [5, 5.41) is 0.586. The lowest BCUT2D eigenvalue weighted by atomic mass is 10.1. The van der Waals surface area contributed by atoms with Crippen molar-refractivity contribution in [2.75, 3.05) is 0 Å². The first-order valence-electron chi connectivity index (χ1n) is 6.37. The van der Waals surface area contributed by atoms with Gasteiger partial charge in [-0.1, -0.05) is 25.5 Å². The van der Waals surface area contributed by atoms with Crippen LogP contribution in [0.25, 0.3) is 10.9 Å². The number of nitrogens with zero attached hydrogens (tertiary/aromatic N) is 1. The van der Waals surface area contributed by atoms with Crippen molar-refractivity contribution in [2.45, 2.75) is 38.7 Å². The Bertz CT molecular complexity index is 628. The summed E-state index contributed by atoms with van der Waals surface area (Å²) in [6.45, 7) is 2.08. The van der Waals surface area contributed by atoms with Crippen LogP contribution in [0.2, 0.25) is 0 Å². The first-order chi connectivity index (χ1) is 8.78. The van der Waals surface area contributed by atoms with Crippen molar-refractivity contribution < 1.29 is 9.15 Å². The molecule has 1 aromatic heterocycles.